The van der Waals surface area contributed by atoms with E-state index in [0.29, 0.717) is 86.8 Å². The Bertz CT molecular complexity index is 1210. The van der Waals surface area contributed by atoms with Crippen LogP contribution in [-0.4, -0.2) is 71.4 Å². The minimum Gasteiger partial charge on any atom is -0.474 e. The summed E-state index contributed by atoms with van der Waals surface area (Å²) in [4.78, 5) is 29.9. The van der Waals surface area contributed by atoms with Gasteiger partial charge in [-0.15, -0.1) is 0 Å². The van der Waals surface area contributed by atoms with Crippen molar-refractivity contribution < 1.29 is 19.0 Å². The number of rotatable bonds is 6. The number of piperidine rings is 1. The van der Waals surface area contributed by atoms with Crippen LogP contribution in [0.15, 0.2) is 48.7 Å². The molecule has 3 aromatic rings. The zero-order valence-electron chi connectivity index (χ0n) is 20.6. The predicted octanol–water partition coefficient (Wildman–Crippen LogP) is 2.72. The Kier molecular flexibility index (Phi) is 7.50. The molecular weight excluding hydrogens is 474 g/mol. The lowest BCUT2D eigenvalue weighted by Gasteiger charge is -2.32. The Labute approximate surface area is 215 Å². The van der Waals surface area contributed by atoms with Gasteiger partial charge in [0.15, 0.2) is 0 Å². The first-order chi connectivity index (χ1) is 18.0. The molecule has 11 nitrogen and oxygen atoms in total. The Balaban J connectivity index is 1.26. The zero-order valence-corrected chi connectivity index (χ0v) is 20.6. The summed E-state index contributed by atoms with van der Waals surface area (Å²) in [6.45, 7) is 3.92. The summed E-state index contributed by atoms with van der Waals surface area (Å²) >= 11 is 0. The number of nitrogens with zero attached hydrogens (tertiary/aromatic N) is 5. The maximum absolute atomic E-state index is 12.5. The van der Waals surface area contributed by atoms with Crippen LogP contribution in [0.4, 0.5) is 22.2 Å². The molecule has 0 spiro atoms. The van der Waals surface area contributed by atoms with E-state index in [1.54, 1.807) is 23.2 Å². The minimum absolute atomic E-state index is 0.0969. The number of likely N-dealkylation sites (tertiary alicyclic amines) is 1. The third-order valence-corrected chi connectivity index (χ3v) is 6.41. The van der Waals surface area contributed by atoms with Crippen molar-refractivity contribution in [3.05, 3.63) is 54.2 Å². The van der Waals surface area contributed by atoms with Gasteiger partial charge in [-0.25, -0.2) is 14.8 Å². The average molecular weight is 506 g/mol. The van der Waals surface area contributed by atoms with Crippen LogP contribution in [0.1, 0.15) is 18.4 Å². The number of nitrogens with two attached hydrogens (primary N) is 2. The van der Waals surface area contributed by atoms with Gasteiger partial charge in [0.1, 0.15) is 18.5 Å². The number of hydrogen-bond donors (Lipinski definition) is 2. The van der Waals surface area contributed by atoms with Crippen LogP contribution in [0.5, 0.6) is 5.88 Å². The number of benzene rings is 1. The summed E-state index contributed by atoms with van der Waals surface area (Å²) in [5, 5.41) is 0. The third kappa shape index (κ3) is 6.18. The number of nitrogen functional groups attached to an aromatic ring is 2. The second-order valence-corrected chi connectivity index (χ2v) is 9.03. The number of pyridine rings is 1. The largest absolute Gasteiger partial charge is 0.474 e. The van der Waals surface area contributed by atoms with Gasteiger partial charge in [0.05, 0.1) is 18.9 Å². The molecule has 194 valence electrons. The van der Waals surface area contributed by atoms with Gasteiger partial charge in [0.2, 0.25) is 11.8 Å². The van der Waals surface area contributed by atoms with Gasteiger partial charge >= 0.3 is 6.09 Å². The molecule has 0 unspecified atom stereocenters. The molecule has 0 radical (unpaired) electrons. The maximum Gasteiger partial charge on any atom is 0.410 e. The van der Waals surface area contributed by atoms with Gasteiger partial charge in [-0.2, -0.15) is 4.98 Å². The third-order valence-electron chi connectivity index (χ3n) is 6.41. The number of aromatic nitrogens is 3. The molecule has 0 saturated carbocycles. The first-order valence-corrected chi connectivity index (χ1v) is 12.4. The fourth-order valence-electron chi connectivity index (χ4n) is 4.36. The number of hydrogen-bond acceptors (Lipinski definition) is 10. The highest BCUT2D eigenvalue weighted by Gasteiger charge is 2.26. The summed E-state index contributed by atoms with van der Waals surface area (Å²) < 4.78 is 17.2. The molecule has 4 N–H and O–H groups in total. The molecule has 1 aromatic carbocycles. The molecule has 0 atom stereocenters. The Hall–Kier alpha value is -4.12. The molecule has 2 aliphatic heterocycles. The number of amides is 1. The first kappa shape index (κ1) is 24.6. The van der Waals surface area contributed by atoms with Crippen molar-refractivity contribution in [3.63, 3.8) is 0 Å². The van der Waals surface area contributed by atoms with E-state index < -0.39 is 0 Å². The van der Waals surface area contributed by atoms with E-state index in [9.17, 15) is 4.79 Å². The number of carbonyl (C=O) groups excluding carboxylic acids is 1. The predicted molar refractivity (Wildman–Crippen MR) is 139 cm³/mol. The Morgan fingerprint density at radius 3 is 2.51 bits per heavy atom. The zero-order chi connectivity index (χ0) is 25.6. The molecule has 4 heterocycles. The number of ether oxygens (including phenoxy) is 3. The van der Waals surface area contributed by atoms with Crippen molar-refractivity contribution in [1.29, 1.82) is 0 Å². The fraction of sp³-hybridized carbons (Fsp3) is 0.385. The highest BCUT2D eigenvalue weighted by atomic mass is 16.6. The van der Waals surface area contributed by atoms with Crippen molar-refractivity contribution in [1.82, 2.24) is 19.9 Å². The van der Waals surface area contributed by atoms with Gasteiger partial charge in [0.25, 0.3) is 0 Å². The van der Waals surface area contributed by atoms with Crippen molar-refractivity contribution >= 4 is 23.5 Å². The number of anilines is 3. The van der Waals surface area contributed by atoms with E-state index >= 15 is 0 Å². The van der Waals surface area contributed by atoms with Crippen LogP contribution in [-0.2, 0) is 16.1 Å². The summed E-state index contributed by atoms with van der Waals surface area (Å²) in [5.41, 5.74) is 14.7. The van der Waals surface area contributed by atoms with E-state index in [0.717, 1.165) is 5.56 Å². The normalized spacial score (nSPS) is 16.4. The molecule has 2 fully saturated rings. The van der Waals surface area contributed by atoms with Crippen LogP contribution in [0, 0.1) is 0 Å². The van der Waals surface area contributed by atoms with Gasteiger partial charge in [0, 0.05) is 68.6 Å². The van der Waals surface area contributed by atoms with Gasteiger partial charge in [-0.3, -0.25) is 0 Å². The molecule has 0 aliphatic carbocycles. The summed E-state index contributed by atoms with van der Waals surface area (Å²) in [7, 11) is 0. The molecule has 5 rings (SSSR count). The standard InChI is InChI=1S/C26H31N7O4/c27-21-14-23(28)29-16-20(21)22-15-24(31-25(30-22)32-10-12-35-13-11-32)37-19-6-8-33(9-7-19)26(34)36-17-18-4-2-1-3-5-18/h1-5,14-16,19H,6-13,17H2,(H4,27,28,29). The fourth-order valence-corrected chi connectivity index (χ4v) is 4.36. The van der Waals surface area contributed by atoms with Crippen molar-refractivity contribution in [2.75, 3.05) is 55.8 Å². The second-order valence-electron chi connectivity index (χ2n) is 9.03. The monoisotopic (exact) mass is 505 g/mol. The SMILES string of the molecule is Nc1cc(N)c(-c2cc(OC3CCN(C(=O)OCc4ccccc4)CC3)nc(N3CCOCC3)n2)cn1. The molecular formula is C26H31N7O4. The quantitative estimate of drug-likeness (QED) is 0.513. The Morgan fingerprint density at radius 1 is 1.03 bits per heavy atom. The molecule has 1 amide bonds. The summed E-state index contributed by atoms with van der Waals surface area (Å²) in [6.07, 6.45) is 2.53. The van der Waals surface area contributed by atoms with E-state index in [-0.39, 0.29) is 18.8 Å². The lowest BCUT2D eigenvalue weighted by molar-refractivity contribution is 0.0625. The maximum atomic E-state index is 12.5. The van der Waals surface area contributed by atoms with Gasteiger partial charge in [-0.1, -0.05) is 30.3 Å². The summed E-state index contributed by atoms with van der Waals surface area (Å²) in [5.74, 6) is 1.34. The molecule has 11 heteroatoms. The van der Waals surface area contributed by atoms with Crippen LogP contribution in [0.2, 0.25) is 0 Å². The van der Waals surface area contributed by atoms with Crippen LogP contribution < -0.4 is 21.1 Å². The highest BCUT2D eigenvalue weighted by molar-refractivity contribution is 5.75. The minimum atomic E-state index is -0.312. The van der Waals surface area contributed by atoms with E-state index in [4.69, 9.17) is 30.7 Å². The smallest absolute Gasteiger partial charge is 0.410 e. The number of morpholine rings is 1. The van der Waals surface area contributed by atoms with Crippen molar-refractivity contribution in [2.24, 2.45) is 0 Å². The van der Waals surface area contributed by atoms with Gasteiger partial charge < -0.3 is 35.5 Å². The molecule has 2 saturated heterocycles. The van der Waals surface area contributed by atoms with E-state index in [1.807, 2.05) is 30.3 Å². The highest BCUT2D eigenvalue weighted by Crippen LogP contribution is 2.30. The summed E-state index contributed by atoms with van der Waals surface area (Å²) in [6, 6.07) is 13.0. The van der Waals surface area contributed by atoms with Crippen LogP contribution in [0.25, 0.3) is 11.3 Å². The topological polar surface area (TPSA) is 142 Å². The second kappa shape index (κ2) is 11.3. The van der Waals surface area contributed by atoms with Crippen LogP contribution >= 0.6 is 0 Å². The molecule has 2 aromatic heterocycles. The first-order valence-electron chi connectivity index (χ1n) is 12.4. The number of carbonyl (C=O) groups is 1. The van der Waals surface area contributed by atoms with Gasteiger partial charge in [-0.05, 0) is 5.56 Å². The lowest BCUT2D eigenvalue weighted by atomic mass is 10.1. The van der Waals surface area contributed by atoms with Crippen LogP contribution in [0.3, 0.4) is 0 Å². The molecule has 0 bridgehead atoms. The molecule has 2 aliphatic rings. The van der Waals surface area contributed by atoms with E-state index in [2.05, 4.69) is 14.9 Å². The van der Waals surface area contributed by atoms with Crippen molar-refractivity contribution in [2.45, 2.75) is 25.6 Å². The lowest BCUT2D eigenvalue weighted by Crippen LogP contribution is -2.42. The molecule has 37 heavy (non-hydrogen) atoms. The average Bonchev–Trinajstić information content (AvgIpc) is 2.93. The van der Waals surface area contributed by atoms with Crippen molar-refractivity contribution in [3.8, 4) is 17.1 Å². The Morgan fingerprint density at radius 2 is 1.78 bits per heavy atom. The van der Waals surface area contributed by atoms with E-state index in [1.165, 1.54) is 0 Å².